The smallest absolute Gasteiger partial charge is 0.105 e. The Kier molecular flexibility index (Phi) is 4.15. The summed E-state index contributed by atoms with van der Waals surface area (Å²) in [5.74, 6) is 0.353. The molecule has 6 nitrogen and oxygen atoms in total. The SMILES string of the molecule is CN(C)C1CC23CCC4(O2)C(=CCC2(C)C(c5ccc6nc[nH]c6c5)=CCC24)C=C3C(O)C1O. The molecule has 1 saturated carbocycles. The lowest BCUT2D eigenvalue weighted by atomic mass is 9.58. The van der Waals surface area contributed by atoms with Crippen LogP contribution in [0.25, 0.3) is 16.6 Å². The number of H-pyrrole nitrogens is 1. The number of benzene rings is 1. The first kappa shape index (κ1) is 21.1. The Bertz CT molecular complexity index is 1290. The summed E-state index contributed by atoms with van der Waals surface area (Å²) in [4.78, 5) is 9.68. The number of ether oxygens (including phenoxy) is 1. The molecule has 1 saturated heterocycles. The minimum Gasteiger partial charge on any atom is -0.388 e. The van der Waals surface area contributed by atoms with Gasteiger partial charge in [0.25, 0.3) is 0 Å². The van der Waals surface area contributed by atoms with E-state index in [1.165, 1.54) is 16.7 Å². The van der Waals surface area contributed by atoms with Crippen LogP contribution in [0.2, 0.25) is 0 Å². The van der Waals surface area contributed by atoms with Gasteiger partial charge in [0.05, 0.1) is 34.7 Å². The van der Waals surface area contributed by atoms with Gasteiger partial charge in [0.15, 0.2) is 0 Å². The van der Waals surface area contributed by atoms with E-state index in [0.717, 1.165) is 48.7 Å². The highest BCUT2D eigenvalue weighted by molar-refractivity contribution is 5.83. The normalized spacial score (nSPS) is 42.7. The van der Waals surface area contributed by atoms with Crippen molar-refractivity contribution in [2.24, 2.45) is 11.3 Å². The Morgan fingerprint density at radius 1 is 1.18 bits per heavy atom. The number of likely N-dealkylation sites (N-methyl/N-ethyl adjacent to an activating group) is 1. The van der Waals surface area contributed by atoms with Crippen LogP contribution in [0.15, 0.2) is 53.9 Å². The van der Waals surface area contributed by atoms with Crippen molar-refractivity contribution in [2.45, 2.75) is 68.5 Å². The van der Waals surface area contributed by atoms with Gasteiger partial charge in [-0.1, -0.05) is 31.2 Å². The second-order valence-electron chi connectivity index (χ2n) is 11.6. The first-order valence-electron chi connectivity index (χ1n) is 12.6. The summed E-state index contributed by atoms with van der Waals surface area (Å²) >= 11 is 0. The van der Waals surface area contributed by atoms with Crippen LogP contribution in [0.1, 0.15) is 44.6 Å². The van der Waals surface area contributed by atoms with Crippen molar-refractivity contribution in [1.29, 1.82) is 0 Å². The van der Waals surface area contributed by atoms with Gasteiger partial charge < -0.3 is 24.8 Å². The van der Waals surface area contributed by atoms with Gasteiger partial charge in [-0.15, -0.1) is 0 Å². The van der Waals surface area contributed by atoms with E-state index in [0.29, 0.717) is 5.92 Å². The predicted molar refractivity (Wildman–Crippen MR) is 131 cm³/mol. The highest BCUT2D eigenvalue weighted by Gasteiger charge is 2.67. The fraction of sp³-hybridized carbons (Fsp3) is 0.536. The molecular formula is C28H33N3O3. The van der Waals surface area contributed by atoms with E-state index < -0.39 is 17.8 Å². The van der Waals surface area contributed by atoms with Gasteiger partial charge >= 0.3 is 0 Å². The van der Waals surface area contributed by atoms with Crippen LogP contribution in [0, 0.1) is 11.3 Å². The number of aliphatic hydroxyl groups is 2. The van der Waals surface area contributed by atoms with Crippen molar-refractivity contribution in [3.63, 3.8) is 0 Å². The van der Waals surface area contributed by atoms with Crippen molar-refractivity contribution in [1.82, 2.24) is 14.9 Å². The summed E-state index contributed by atoms with van der Waals surface area (Å²) in [5.41, 5.74) is 6.01. The summed E-state index contributed by atoms with van der Waals surface area (Å²) < 4.78 is 7.22. The minimum absolute atomic E-state index is 0.0121. The predicted octanol–water partition coefficient (Wildman–Crippen LogP) is 3.59. The minimum atomic E-state index is -0.884. The fourth-order valence-electron chi connectivity index (χ4n) is 8.05. The molecule has 7 atom stereocenters. The fourth-order valence-corrected chi connectivity index (χ4v) is 8.05. The second kappa shape index (κ2) is 6.70. The van der Waals surface area contributed by atoms with Gasteiger partial charge in [0.2, 0.25) is 0 Å². The Labute approximate surface area is 200 Å². The summed E-state index contributed by atoms with van der Waals surface area (Å²) in [6.45, 7) is 2.41. The molecule has 2 aliphatic heterocycles. The van der Waals surface area contributed by atoms with Gasteiger partial charge in [-0.3, -0.25) is 0 Å². The third-order valence-corrected chi connectivity index (χ3v) is 9.82. The average Bonchev–Trinajstić information content (AvgIpc) is 3.50. The van der Waals surface area contributed by atoms with Crippen LogP contribution < -0.4 is 0 Å². The zero-order valence-corrected chi connectivity index (χ0v) is 20.1. The number of aliphatic hydroxyl groups excluding tert-OH is 2. The van der Waals surface area contributed by atoms with E-state index in [4.69, 9.17) is 4.74 Å². The van der Waals surface area contributed by atoms with Crippen molar-refractivity contribution in [2.75, 3.05) is 14.1 Å². The topological polar surface area (TPSA) is 81.6 Å². The zero-order valence-electron chi connectivity index (χ0n) is 20.1. The molecule has 7 rings (SSSR count). The van der Waals surface area contributed by atoms with Crippen molar-refractivity contribution in [3.05, 3.63) is 59.5 Å². The van der Waals surface area contributed by atoms with Crippen LogP contribution >= 0.6 is 0 Å². The number of hydrogen-bond acceptors (Lipinski definition) is 5. The number of imidazole rings is 1. The Morgan fingerprint density at radius 3 is 2.85 bits per heavy atom. The van der Waals surface area contributed by atoms with E-state index in [9.17, 15) is 10.2 Å². The van der Waals surface area contributed by atoms with Gasteiger partial charge in [-0.2, -0.15) is 0 Å². The van der Waals surface area contributed by atoms with Crippen molar-refractivity contribution < 1.29 is 14.9 Å². The van der Waals surface area contributed by atoms with E-state index in [1.807, 2.05) is 19.0 Å². The van der Waals surface area contributed by atoms with E-state index >= 15 is 0 Å². The lowest BCUT2D eigenvalue weighted by Gasteiger charge is -2.55. The summed E-state index contributed by atoms with van der Waals surface area (Å²) in [7, 11) is 3.96. The number of aromatic amines is 1. The molecule has 3 N–H and O–H groups in total. The molecule has 3 aliphatic carbocycles. The van der Waals surface area contributed by atoms with Gasteiger partial charge in [0, 0.05) is 17.4 Å². The number of nitrogens with one attached hydrogen (secondary N) is 1. The molecule has 5 aliphatic rings. The third-order valence-electron chi connectivity index (χ3n) is 9.82. The number of rotatable bonds is 2. The molecule has 2 spiro atoms. The number of fused-ring (bicyclic) bond motifs is 2. The lowest BCUT2D eigenvalue weighted by molar-refractivity contribution is -0.161. The van der Waals surface area contributed by atoms with E-state index in [1.54, 1.807) is 6.33 Å². The van der Waals surface area contributed by atoms with Gasteiger partial charge in [0.1, 0.15) is 6.10 Å². The lowest BCUT2D eigenvalue weighted by Crippen LogP contribution is -2.61. The molecule has 6 heteroatoms. The molecule has 0 radical (unpaired) electrons. The maximum atomic E-state index is 11.1. The maximum Gasteiger partial charge on any atom is 0.105 e. The monoisotopic (exact) mass is 459 g/mol. The van der Waals surface area contributed by atoms with Crippen molar-refractivity contribution in [3.8, 4) is 0 Å². The molecule has 2 fully saturated rings. The molecule has 2 aromatic rings. The summed E-state index contributed by atoms with van der Waals surface area (Å²) in [5, 5.41) is 22.0. The van der Waals surface area contributed by atoms with Crippen LogP contribution in [0.3, 0.4) is 0 Å². The Balaban J connectivity index is 1.30. The molecule has 1 aromatic heterocycles. The quantitative estimate of drug-likeness (QED) is 0.640. The molecule has 1 aromatic carbocycles. The van der Waals surface area contributed by atoms with E-state index in [-0.39, 0.29) is 17.1 Å². The summed E-state index contributed by atoms with van der Waals surface area (Å²) in [6, 6.07) is 6.42. The maximum absolute atomic E-state index is 11.1. The number of hydrogen-bond donors (Lipinski definition) is 3. The Hall–Kier alpha value is -2.25. The molecule has 0 amide bonds. The number of aromatic nitrogens is 2. The van der Waals surface area contributed by atoms with Gasteiger partial charge in [-0.25, -0.2) is 4.98 Å². The standard InChI is InChI=1S/C28H33N3O3/c1-26-9-8-17-13-19-24(32)25(33)22(31(2)3)14-27(19)10-11-28(17,34-27)23(26)7-5-18(26)16-4-6-20-21(12-16)30-15-29-20/h4-6,8,12-13,15,22-25,32-33H,7,9-11,14H2,1-3H3,(H,29,30). The Morgan fingerprint density at radius 2 is 2.03 bits per heavy atom. The molecule has 3 heterocycles. The van der Waals surface area contributed by atoms with Crippen molar-refractivity contribution >= 4 is 16.6 Å². The van der Waals surface area contributed by atoms with Crippen LogP contribution in [-0.2, 0) is 4.74 Å². The first-order valence-corrected chi connectivity index (χ1v) is 12.6. The molecule has 178 valence electrons. The van der Waals surface area contributed by atoms with E-state index in [2.05, 4.69) is 53.3 Å². The van der Waals surface area contributed by atoms with Crippen LogP contribution in [0.4, 0.5) is 0 Å². The number of nitrogens with zero attached hydrogens (tertiary/aromatic N) is 2. The molecule has 34 heavy (non-hydrogen) atoms. The second-order valence-corrected chi connectivity index (χ2v) is 11.6. The zero-order chi connectivity index (χ0) is 23.5. The van der Waals surface area contributed by atoms with Gasteiger partial charge in [-0.05, 0) is 80.6 Å². The largest absolute Gasteiger partial charge is 0.388 e. The summed E-state index contributed by atoms with van der Waals surface area (Å²) in [6.07, 6.45) is 11.6. The average molecular weight is 460 g/mol. The molecular weight excluding hydrogens is 426 g/mol. The number of allylic oxidation sites excluding steroid dienone is 3. The third kappa shape index (κ3) is 2.47. The highest BCUT2D eigenvalue weighted by atomic mass is 16.5. The van der Waals surface area contributed by atoms with Crippen LogP contribution in [-0.4, -0.2) is 68.6 Å². The van der Waals surface area contributed by atoms with Crippen LogP contribution in [0.5, 0.6) is 0 Å². The molecule has 7 unspecified atom stereocenters. The highest BCUT2D eigenvalue weighted by Crippen LogP contribution is 2.67. The molecule has 2 bridgehead atoms. The first-order chi connectivity index (χ1) is 16.3.